The van der Waals surface area contributed by atoms with Crippen LogP contribution in [-0.4, -0.2) is 20.2 Å². The molecule has 1 fully saturated rings. The van der Waals surface area contributed by atoms with E-state index in [2.05, 4.69) is 5.32 Å². The maximum absolute atomic E-state index is 14.0. The lowest BCUT2D eigenvalue weighted by Crippen LogP contribution is -2.31. The lowest BCUT2D eigenvalue weighted by Gasteiger charge is -2.23. The van der Waals surface area contributed by atoms with Crippen LogP contribution in [-0.2, 0) is 6.42 Å². The second-order valence-corrected chi connectivity index (χ2v) is 5.00. The Hall–Kier alpha value is -0.870. The summed E-state index contributed by atoms with van der Waals surface area (Å²) >= 11 is 5.75. The van der Waals surface area contributed by atoms with Gasteiger partial charge >= 0.3 is 0 Å². The zero-order chi connectivity index (χ0) is 13.1. The molecule has 1 aliphatic rings. The zero-order valence-corrected chi connectivity index (χ0v) is 11.0. The SMILES string of the molecule is COc1c(F)c(Cl)cc(CC2CCCNC2)c1F. The monoisotopic (exact) mass is 275 g/mol. The van der Waals surface area contributed by atoms with Crippen LogP contribution in [0.3, 0.4) is 0 Å². The minimum absolute atomic E-state index is 0.0907. The molecule has 100 valence electrons. The lowest BCUT2D eigenvalue weighted by atomic mass is 9.92. The highest BCUT2D eigenvalue weighted by molar-refractivity contribution is 6.31. The molecule has 1 atom stereocenters. The maximum Gasteiger partial charge on any atom is 0.192 e. The van der Waals surface area contributed by atoms with Crippen molar-refractivity contribution >= 4 is 11.6 Å². The molecule has 0 aromatic heterocycles. The summed E-state index contributed by atoms with van der Waals surface area (Å²) in [6.45, 7) is 1.86. The smallest absolute Gasteiger partial charge is 0.192 e. The van der Waals surface area contributed by atoms with Gasteiger partial charge in [0.1, 0.15) is 0 Å². The van der Waals surface area contributed by atoms with Crippen LogP contribution in [0.4, 0.5) is 8.78 Å². The third kappa shape index (κ3) is 2.75. The van der Waals surface area contributed by atoms with Crippen LogP contribution in [0.2, 0.25) is 5.02 Å². The summed E-state index contributed by atoms with van der Waals surface area (Å²) < 4.78 is 32.3. The van der Waals surface area contributed by atoms with E-state index >= 15 is 0 Å². The van der Waals surface area contributed by atoms with Gasteiger partial charge in [0.15, 0.2) is 17.4 Å². The summed E-state index contributed by atoms with van der Waals surface area (Å²) in [4.78, 5) is 0. The molecule has 0 bridgehead atoms. The molecular formula is C13H16ClF2NO. The fourth-order valence-corrected chi connectivity index (χ4v) is 2.58. The Bertz CT molecular complexity index is 433. The number of rotatable bonds is 3. The molecule has 1 heterocycles. The van der Waals surface area contributed by atoms with Gasteiger partial charge in [-0.05, 0) is 49.9 Å². The quantitative estimate of drug-likeness (QED) is 0.856. The molecule has 1 unspecified atom stereocenters. The number of ether oxygens (including phenoxy) is 1. The predicted octanol–water partition coefficient (Wildman–Crippen LogP) is 3.17. The van der Waals surface area contributed by atoms with Gasteiger partial charge in [0.25, 0.3) is 0 Å². The Morgan fingerprint density at radius 1 is 1.44 bits per heavy atom. The molecular weight excluding hydrogens is 260 g/mol. The van der Waals surface area contributed by atoms with Crippen LogP contribution < -0.4 is 10.1 Å². The first kappa shape index (κ1) is 13.6. The maximum atomic E-state index is 14.0. The average Bonchev–Trinajstić information content (AvgIpc) is 2.38. The second kappa shape index (κ2) is 5.85. The fourth-order valence-electron chi connectivity index (χ4n) is 2.37. The van der Waals surface area contributed by atoms with Crippen LogP contribution in [0.25, 0.3) is 0 Å². The van der Waals surface area contributed by atoms with Crippen molar-refractivity contribution in [3.05, 3.63) is 28.3 Å². The molecule has 2 nitrogen and oxygen atoms in total. The van der Waals surface area contributed by atoms with E-state index in [0.717, 1.165) is 25.9 Å². The lowest BCUT2D eigenvalue weighted by molar-refractivity contribution is 0.347. The van der Waals surface area contributed by atoms with Crippen LogP contribution in [0.15, 0.2) is 6.07 Å². The average molecular weight is 276 g/mol. The van der Waals surface area contributed by atoms with E-state index in [1.165, 1.54) is 13.2 Å². The molecule has 0 saturated carbocycles. The Kier molecular flexibility index (Phi) is 4.40. The van der Waals surface area contributed by atoms with Gasteiger partial charge in [-0.25, -0.2) is 8.78 Å². The van der Waals surface area contributed by atoms with Crippen molar-refractivity contribution in [1.82, 2.24) is 5.32 Å². The first-order chi connectivity index (χ1) is 8.63. The van der Waals surface area contributed by atoms with Crippen LogP contribution in [0.5, 0.6) is 5.75 Å². The molecule has 0 radical (unpaired) electrons. The van der Waals surface area contributed by atoms with Gasteiger partial charge in [-0.3, -0.25) is 0 Å². The topological polar surface area (TPSA) is 21.3 Å². The van der Waals surface area contributed by atoms with E-state index in [1.807, 2.05) is 0 Å². The minimum atomic E-state index is -0.831. The number of methoxy groups -OCH3 is 1. The van der Waals surface area contributed by atoms with Crippen LogP contribution in [0.1, 0.15) is 18.4 Å². The van der Waals surface area contributed by atoms with Crippen LogP contribution in [0, 0.1) is 17.6 Å². The van der Waals surface area contributed by atoms with Crippen molar-refractivity contribution < 1.29 is 13.5 Å². The van der Waals surface area contributed by atoms with Crippen molar-refractivity contribution in [3.8, 4) is 5.75 Å². The Morgan fingerprint density at radius 3 is 2.83 bits per heavy atom. The van der Waals surface area contributed by atoms with Crippen molar-refractivity contribution in [2.75, 3.05) is 20.2 Å². The summed E-state index contributed by atoms with van der Waals surface area (Å²) in [5.74, 6) is -1.49. The van der Waals surface area contributed by atoms with E-state index in [1.54, 1.807) is 0 Å². The van der Waals surface area contributed by atoms with Crippen LogP contribution >= 0.6 is 11.6 Å². The van der Waals surface area contributed by atoms with Gasteiger partial charge in [-0.1, -0.05) is 11.6 Å². The highest BCUT2D eigenvalue weighted by Gasteiger charge is 2.21. The number of hydrogen-bond acceptors (Lipinski definition) is 2. The summed E-state index contributed by atoms with van der Waals surface area (Å²) in [5.41, 5.74) is 0.423. The molecule has 1 aromatic rings. The molecule has 1 saturated heterocycles. The number of piperidine rings is 1. The van der Waals surface area contributed by atoms with Crippen molar-refractivity contribution in [2.45, 2.75) is 19.3 Å². The summed E-state index contributed by atoms with van der Waals surface area (Å²) in [5, 5.41) is 3.18. The third-order valence-electron chi connectivity index (χ3n) is 3.30. The number of nitrogens with one attached hydrogen (secondary N) is 1. The minimum Gasteiger partial charge on any atom is -0.491 e. The normalized spacial score (nSPS) is 19.9. The van der Waals surface area contributed by atoms with Gasteiger partial charge in [0.2, 0.25) is 0 Å². The second-order valence-electron chi connectivity index (χ2n) is 4.60. The number of hydrogen-bond donors (Lipinski definition) is 1. The molecule has 18 heavy (non-hydrogen) atoms. The Balaban J connectivity index is 2.24. The highest BCUT2D eigenvalue weighted by Crippen LogP contribution is 2.32. The molecule has 1 N–H and O–H groups in total. The summed E-state index contributed by atoms with van der Waals surface area (Å²) in [6, 6.07) is 1.36. The van der Waals surface area contributed by atoms with Crippen molar-refractivity contribution in [3.63, 3.8) is 0 Å². The van der Waals surface area contributed by atoms with Gasteiger partial charge in [0.05, 0.1) is 12.1 Å². The molecule has 5 heteroatoms. The van der Waals surface area contributed by atoms with Gasteiger partial charge in [-0.2, -0.15) is 0 Å². The van der Waals surface area contributed by atoms with E-state index in [0.29, 0.717) is 17.9 Å². The van der Waals surface area contributed by atoms with Crippen molar-refractivity contribution in [1.29, 1.82) is 0 Å². The van der Waals surface area contributed by atoms with Gasteiger partial charge in [0, 0.05) is 0 Å². The molecule has 0 amide bonds. The summed E-state index contributed by atoms with van der Waals surface area (Å²) in [6.07, 6.45) is 2.68. The summed E-state index contributed by atoms with van der Waals surface area (Å²) in [7, 11) is 1.24. The first-order valence-corrected chi connectivity index (χ1v) is 6.42. The zero-order valence-electron chi connectivity index (χ0n) is 10.2. The molecule has 0 spiro atoms. The van der Waals surface area contributed by atoms with Gasteiger partial charge in [-0.15, -0.1) is 0 Å². The molecule has 2 rings (SSSR count). The van der Waals surface area contributed by atoms with E-state index in [-0.39, 0.29) is 10.8 Å². The van der Waals surface area contributed by atoms with Crippen molar-refractivity contribution in [2.24, 2.45) is 5.92 Å². The Labute approximate surface area is 110 Å². The first-order valence-electron chi connectivity index (χ1n) is 6.04. The fraction of sp³-hybridized carbons (Fsp3) is 0.538. The predicted molar refractivity (Wildman–Crippen MR) is 67.2 cm³/mol. The number of halogens is 3. The third-order valence-corrected chi connectivity index (χ3v) is 3.58. The van der Waals surface area contributed by atoms with E-state index in [9.17, 15) is 8.78 Å². The standard InChI is InChI=1S/C13H16ClF2NO/c1-18-13-11(15)9(6-10(14)12(13)16)5-8-3-2-4-17-7-8/h6,8,17H,2-5,7H2,1H3. The highest BCUT2D eigenvalue weighted by atomic mass is 35.5. The van der Waals surface area contributed by atoms with E-state index in [4.69, 9.17) is 16.3 Å². The molecule has 1 aromatic carbocycles. The molecule has 0 aliphatic carbocycles. The Morgan fingerprint density at radius 2 is 2.22 bits per heavy atom. The van der Waals surface area contributed by atoms with Gasteiger partial charge < -0.3 is 10.1 Å². The largest absolute Gasteiger partial charge is 0.491 e. The molecule has 1 aliphatic heterocycles. The number of benzene rings is 1. The van der Waals surface area contributed by atoms with E-state index < -0.39 is 11.6 Å².